The van der Waals surface area contributed by atoms with Gasteiger partial charge in [0, 0.05) is 25.5 Å². The van der Waals surface area contributed by atoms with Gasteiger partial charge in [-0.1, -0.05) is 6.92 Å². The Labute approximate surface area is 115 Å². The molecule has 0 atom stereocenters. The number of aromatic nitrogens is 2. The van der Waals surface area contributed by atoms with Crippen molar-refractivity contribution in [2.24, 2.45) is 0 Å². The van der Waals surface area contributed by atoms with Crippen molar-refractivity contribution >= 4 is 5.69 Å². The summed E-state index contributed by atoms with van der Waals surface area (Å²) in [5.41, 5.74) is 0.775. The van der Waals surface area contributed by atoms with Crippen LogP contribution in [0.3, 0.4) is 0 Å². The molecule has 3 nitrogen and oxygen atoms in total. The van der Waals surface area contributed by atoms with Crippen LogP contribution in [0, 0.1) is 0 Å². The van der Waals surface area contributed by atoms with Gasteiger partial charge in [-0.2, -0.15) is 13.2 Å². The SMILES string of the molecule is CCCn1ccc(CNc2ccc(C(F)(F)F)nc2)c1. The fourth-order valence-corrected chi connectivity index (χ4v) is 1.86. The molecule has 0 fully saturated rings. The zero-order valence-electron chi connectivity index (χ0n) is 11.1. The quantitative estimate of drug-likeness (QED) is 0.901. The predicted molar refractivity (Wildman–Crippen MR) is 71.3 cm³/mol. The summed E-state index contributed by atoms with van der Waals surface area (Å²) in [7, 11) is 0. The molecule has 0 unspecified atom stereocenters. The average molecular weight is 283 g/mol. The summed E-state index contributed by atoms with van der Waals surface area (Å²) >= 11 is 0. The Hall–Kier alpha value is -1.98. The van der Waals surface area contributed by atoms with Crippen molar-refractivity contribution in [2.45, 2.75) is 32.6 Å². The van der Waals surface area contributed by atoms with E-state index >= 15 is 0 Å². The number of aryl methyl sites for hydroxylation is 1. The molecule has 108 valence electrons. The Bertz CT molecular complexity index is 544. The number of rotatable bonds is 5. The lowest BCUT2D eigenvalue weighted by atomic mass is 10.3. The molecule has 0 aliphatic carbocycles. The van der Waals surface area contributed by atoms with Crippen molar-refractivity contribution in [2.75, 3.05) is 5.32 Å². The van der Waals surface area contributed by atoms with Crippen LogP contribution in [0.25, 0.3) is 0 Å². The summed E-state index contributed by atoms with van der Waals surface area (Å²) in [5.74, 6) is 0. The minimum Gasteiger partial charge on any atom is -0.380 e. The van der Waals surface area contributed by atoms with E-state index in [4.69, 9.17) is 0 Å². The number of nitrogens with zero attached hydrogens (tertiary/aromatic N) is 2. The molecule has 2 aromatic rings. The third-order valence-electron chi connectivity index (χ3n) is 2.84. The molecule has 0 spiro atoms. The Kier molecular flexibility index (Phi) is 4.32. The molecule has 0 saturated carbocycles. The highest BCUT2D eigenvalue weighted by Crippen LogP contribution is 2.27. The normalized spacial score (nSPS) is 11.6. The van der Waals surface area contributed by atoms with E-state index in [0.717, 1.165) is 24.6 Å². The second kappa shape index (κ2) is 5.98. The summed E-state index contributed by atoms with van der Waals surface area (Å²) < 4.78 is 39.2. The van der Waals surface area contributed by atoms with E-state index in [2.05, 4.69) is 21.8 Å². The number of hydrogen-bond acceptors (Lipinski definition) is 2. The lowest BCUT2D eigenvalue weighted by Crippen LogP contribution is -2.08. The fraction of sp³-hybridized carbons (Fsp3) is 0.357. The van der Waals surface area contributed by atoms with Gasteiger partial charge in [-0.25, -0.2) is 4.98 Å². The van der Waals surface area contributed by atoms with Crippen LogP contribution < -0.4 is 5.32 Å². The number of alkyl halides is 3. The van der Waals surface area contributed by atoms with Gasteiger partial charge in [0.25, 0.3) is 0 Å². The number of pyridine rings is 1. The van der Waals surface area contributed by atoms with E-state index in [1.807, 2.05) is 18.5 Å². The molecule has 20 heavy (non-hydrogen) atoms. The van der Waals surface area contributed by atoms with Crippen LogP contribution in [0.5, 0.6) is 0 Å². The lowest BCUT2D eigenvalue weighted by molar-refractivity contribution is -0.141. The van der Waals surface area contributed by atoms with Crippen molar-refractivity contribution in [3.8, 4) is 0 Å². The molecule has 0 aliphatic rings. The Morgan fingerprint density at radius 3 is 2.65 bits per heavy atom. The number of hydrogen-bond donors (Lipinski definition) is 1. The third kappa shape index (κ3) is 3.76. The molecule has 6 heteroatoms. The van der Waals surface area contributed by atoms with Gasteiger partial charge < -0.3 is 9.88 Å². The van der Waals surface area contributed by atoms with Gasteiger partial charge >= 0.3 is 6.18 Å². The van der Waals surface area contributed by atoms with Crippen molar-refractivity contribution in [3.05, 3.63) is 48.0 Å². The van der Waals surface area contributed by atoms with Crippen LogP contribution in [-0.2, 0) is 19.3 Å². The zero-order valence-corrected chi connectivity index (χ0v) is 11.1. The maximum atomic E-state index is 12.4. The van der Waals surface area contributed by atoms with E-state index in [-0.39, 0.29) is 0 Å². The number of nitrogens with one attached hydrogen (secondary N) is 1. The van der Waals surface area contributed by atoms with Crippen LogP contribution in [-0.4, -0.2) is 9.55 Å². The molecule has 1 N–H and O–H groups in total. The highest BCUT2D eigenvalue weighted by Gasteiger charge is 2.31. The lowest BCUT2D eigenvalue weighted by Gasteiger charge is -2.08. The predicted octanol–water partition coefficient (Wildman–Crippen LogP) is 3.92. The van der Waals surface area contributed by atoms with Crippen LogP contribution in [0.4, 0.5) is 18.9 Å². The van der Waals surface area contributed by atoms with E-state index in [1.165, 1.54) is 12.3 Å². The molecule has 0 radical (unpaired) electrons. The first kappa shape index (κ1) is 14.4. The Morgan fingerprint density at radius 2 is 2.05 bits per heavy atom. The first-order valence-corrected chi connectivity index (χ1v) is 6.41. The molecule has 0 aliphatic heterocycles. The zero-order chi connectivity index (χ0) is 14.6. The number of anilines is 1. The van der Waals surface area contributed by atoms with Gasteiger partial charge in [-0.15, -0.1) is 0 Å². The van der Waals surface area contributed by atoms with Crippen LogP contribution in [0.2, 0.25) is 0 Å². The van der Waals surface area contributed by atoms with Gasteiger partial charge in [-0.3, -0.25) is 0 Å². The Morgan fingerprint density at radius 1 is 1.25 bits per heavy atom. The maximum Gasteiger partial charge on any atom is 0.433 e. The standard InChI is InChI=1S/C14H16F3N3/c1-2-6-20-7-5-11(10-20)8-18-12-3-4-13(19-9-12)14(15,16)17/h3-5,7,9-10,18H,2,6,8H2,1H3. The molecule has 2 heterocycles. The monoisotopic (exact) mass is 283 g/mol. The first-order valence-electron chi connectivity index (χ1n) is 6.41. The molecule has 0 amide bonds. The Balaban J connectivity index is 1.93. The highest BCUT2D eigenvalue weighted by atomic mass is 19.4. The molecule has 0 bridgehead atoms. The maximum absolute atomic E-state index is 12.4. The molecule has 2 rings (SSSR count). The van der Waals surface area contributed by atoms with E-state index in [9.17, 15) is 13.2 Å². The van der Waals surface area contributed by atoms with Gasteiger partial charge in [0.2, 0.25) is 0 Å². The molecular weight excluding hydrogens is 267 g/mol. The summed E-state index contributed by atoms with van der Waals surface area (Å²) in [4.78, 5) is 3.40. The summed E-state index contributed by atoms with van der Waals surface area (Å²) in [6.45, 7) is 3.62. The highest BCUT2D eigenvalue weighted by molar-refractivity contribution is 5.41. The van der Waals surface area contributed by atoms with Crippen molar-refractivity contribution < 1.29 is 13.2 Å². The first-order chi connectivity index (χ1) is 9.49. The summed E-state index contributed by atoms with van der Waals surface area (Å²) in [6, 6.07) is 4.35. The minimum atomic E-state index is -4.39. The van der Waals surface area contributed by atoms with E-state index in [1.54, 1.807) is 0 Å². The van der Waals surface area contributed by atoms with Gasteiger partial charge in [0.05, 0.1) is 11.9 Å². The topological polar surface area (TPSA) is 29.9 Å². The second-order valence-corrected chi connectivity index (χ2v) is 4.54. The van der Waals surface area contributed by atoms with Crippen LogP contribution in [0.15, 0.2) is 36.8 Å². The van der Waals surface area contributed by atoms with Crippen LogP contribution >= 0.6 is 0 Å². The van der Waals surface area contributed by atoms with Crippen molar-refractivity contribution in [3.63, 3.8) is 0 Å². The van der Waals surface area contributed by atoms with Gasteiger partial charge in [-0.05, 0) is 30.2 Å². The van der Waals surface area contributed by atoms with Gasteiger partial charge in [0.15, 0.2) is 0 Å². The summed E-state index contributed by atoms with van der Waals surface area (Å²) in [5, 5.41) is 3.05. The molecule has 2 aromatic heterocycles. The largest absolute Gasteiger partial charge is 0.433 e. The second-order valence-electron chi connectivity index (χ2n) is 4.54. The van der Waals surface area contributed by atoms with E-state index < -0.39 is 11.9 Å². The fourth-order valence-electron chi connectivity index (χ4n) is 1.86. The summed E-state index contributed by atoms with van der Waals surface area (Å²) in [6.07, 6.45) is 1.88. The molecular formula is C14H16F3N3. The average Bonchev–Trinajstić information content (AvgIpc) is 2.84. The molecule has 0 saturated heterocycles. The molecule has 0 aromatic carbocycles. The van der Waals surface area contributed by atoms with Crippen molar-refractivity contribution in [1.29, 1.82) is 0 Å². The van der Waals surface area contributed by atoms with E-state index in [0.29, 0.717) is 12.2 Å². The van der Waals surface area contributed by atoms with Crippen LogP contribution in [0.1, 0.15) is 24.6 Å². The minimum absolute atomic E-state index is 0.559. The van der Waals surface area contributed by atoms with Crippen molar-refractivity contribution in [1.82, 2.24) is 9.55 Å². The number of halogens is 3. The smallest absolute Gasteiger partial charge is 0.380 e. The third-order valence-corrected chi connectivity index (χ3v) is 2.84. The van der Waals surface area contributed by atoms with Gasteiger partial charge in [0.1, 0.15) is 5.69 Å².